The molecule has 2 saturated heterocycles. The minimum atomic E-state index is -1.66. The molecule has 16 nitrogen and oxygen atoms in total. The molecular weight excluding hydrogens is 662 g/mol. The summed E-state index contributed by atoms with van der Waals surface area (Å²) < 4.78 is 12.3. The SMILES string of the molecule is CCCCOC(=O)ON1CCN(C(=O)[C@@H](NC(=O)c2cc(OCC(=O)N3CCC[C@H]3C(=O)NC3CCC3)n(-c3ccccc3)n2)C(C)(C)O)CC1. The van der Waals surface area contributed by atoms with Gasteiger partial charge in [-0.25, -0.2) is 9.48 Å². The first-order valence-electron chi connectivity index (χ1n) is 17.7. The lowest BCUT2D eigenvalue weighted by molar-refractivity contribution is -0.160. The van der Waals surface area contributed by atoms with E-state index in [0.717, 1.165) is 32.1 Å². The van der Waals surface area contributed by atoms with E-state index < -0.39 is 35.7 Å². The van der Waals surface area contributed by atoms with Crippen LogP contribution in [0.3, 0.4) is 0 Å². The average Bonchev–Trinajstić information content (AvgIpc) is 3.76. The predicted octanol–water partition coefficient (Wildman–Crippen LogP) is 1.79. The molecule has 51 heavy (non-hydrogen) atoms. The van der Waals surface area contributed by atoms with Crippen LogP contribution in [0.25, 0.3) is 5.69 Å². The number of para-hydroxylation sites is 1. The number of carbonyl (C=O) groups excluding carboxylic acids is 5. The molecule has 4 amide bonds. The Hall–Kier alpha value is -4.70. The summed E-state index contributed by atoms with van der Waals surface area (Å²) in [4.78, 5) is 73.6. The van der Waals surface area contributed by atoms with Crippen LogP contribution in [-0.2, 0) is 24.0 Å². The molecule has 1 aromatic heterocycles. The lowest BCUT2D eigenvalue weighted by Crippen LogP contribution is -2.61. The zero-order chi connectivity index (χ0) is 36.5. The molecule has 1 aliphatic carbocycles. The van der Waals surface area contributed by atoms with Gasteiger partial charge in [-0.05, 0) is 64.5 Å². The molecule has 0 bridgehead atoms. The van der Waals surface area contributed by atoms with Crippen LogP contribution in [0.15, 0.2) is 36.4 Å². The van der Waals surface area contributed by atoms with Crippen molar-refractivity contribution in [3.63, 3.8) is 0 Å². The fraction of sp³-hybridized carbons (Fsp3) is 0.600. The number of rotatable bonds is 14. The largest absolute Gasteiger partial charge is 0.527 e. The van der Waals surface area contributed by atoms with Gasteiger partial charge in [-0.3, -0.25) is 19.2 Å². The van der Waals surface area contributed by atoms with Crippen LogP contribution in [0, 0.1) is 0 Å². The summed E-state index contributed by atoms with van der Waals surface area (Å²) in [7, 11) is 0. The number of aromatic nitrogens is 2. The maximum absolute atomic E-state index is 13.6. The molecule has 0 radical (unpaired) electrons. The Kier molecular flexibility index (Phi) is 12.5. The Morgan fingerprint density at radius 3 is 2.37 bits per heavy atom. The third-order valence-corrected chi connectivity index (χ3v) is 9.28. The van der Waals surface area contributed by atoms with Crippen LogP contribution in [-0.4, -0.2) is 129 Å². The number of hydrogen-bond acceptors (Lipinski definition) is 11. The second kappa shape index (κ2) is 17.0. The third kappa shape index (κ3) is 9.76. The maximum Gasteiger partial charge on any atom is 0.527 e. The van der Waals surface area contributed by atoms with E-state index in [0.29, 0.717) is 25.1 Å². The molecule has 3 heterocycles. The first-order chi connectivity index (χ1) is 24.4. The van der Waals surface area contributed by atoms with E-state index in [4.69, 9.17) is 14.3 Å². The van der Waals surface area contributed by atoms with E-state index >= 15 is 0 Å². The highest BCUT2D eigenvalue weighted by atomic mass is 16.8. The minimum Gasteiger partial charge on any atom is -0.467 e. The Morgan fingerprint density at radius 2 is 1.73 bits per heavy atom. The molecule has 1 saturated carbocycles. The van der Waals surface area contributed by atoms with Gasteiger partial charge in [-0.1, -0.05) is 31.5 Å². The van der Waals surface area contributed by atoms with Gasteiger partial charge in [0.2, 0.25) is 17.7 Å². The van der Waals surface area contributed by atoms with Gasteiger partial charge in [0.25, 0.3) is 11.8 Å². The van der Waals surface area contributed by atoms with Crippen molar-refractivity contribution in [3.05, 3.63) is 42.1 Å². The number of hydroxylamine groups is 2. The predicted molar refractivity (Wildman–Crippen MR) is 183 cm³/mol. The van der Waals surface area contributed by atoms with Gasteiger partial charge in [0.05, 0.1) is 31.0 Å². The van der Waals surface area contributed by atoms with Crippen molar-refractivity contribution < 1.29 is 43.4 Å². The smallest absolute Gasteiger partial charge is 0.467 e. The molecule has 1 aromatic carbocycles. The van der Waals surface area contributed by atoms with E-state index in [2.05, 4.69) is 15.7 Å². The highest BCUT2D eigenvalue weighted by Crippen LogP contribution is 2.24. The highest BCUT2D eigenvalue weighted by molar-refractivity contribution is 5.97. The molecule has 5 rings (SSSR count). The lowest BCUT2D eigenvalue weighted by atomic mass is 9.93. The topological polar surface area (TPSA) is 185 Å². The first-order valence-corrected chi connectivity index (χ1v) is 17.7. The quantitative estimate of drug-likeness (QED) is 0.192. The van der Waals surface area contributed by atoms with Crippen LogP contribution in [0.1, 0.15) is 76.2 Å². The number of likely N-dealkylation sites (tertiary alicyclic amines) is 1. The van der Waals surface area contributed by atoms with Crippen molar-refractivity contribution in [1.29, 1.82) is 0 Å². The number of unbranched alkanes of at least 4 members (excludes halogenated alkanes) is 1. The van der Waals surface area contributed by atoms with Crippen LogP contribution in [0.5, 0.6) is 5.88 Å². The second-order valence-corrected chi connectivity index (χ2v) is 13.6. The number of amides is 4. The molecule has 0 spiro atoms. The molecule has 3 aliphatic rings. The van der Waals surface area contributed by atoms with Gasteiger partial charge >= 0.3 is 6.16 Å². The molecule has 3 fully saturated rings. The van der Waals surface area contributed by atoms with Crippen LogP contribution >= 0.6 is 0 Å². The van der Waals surface area contributed by atoms with E-state index in [9.17, 15) is 29.1 Å². The Morgan fingerprint density at radius 1 is 1.00 bits per heavy atom. The first kappa shape index (κ1) is 37.6. The maximum atomic E-state index is 13.6. The molecule has 3 N–H and O–H groups in total. The zero-order valence-electron chi connectivity index (χ0n) is 29.5. The van der Waals surface area contributed by atoms with Gasteiger partial charge in [0, 0.05) is 31.7 Å². The summed E-state index contributed by atoms with van der Waals surface area (Å²) in [5.74, 6) is -1.67. The molecule has 278 valence electrons. The van der Waals surface area contributed by atoms with Gasteiger partial charge < -0.3 is 39.9 Å². The van der Waals surface area contributed by atoms with E-state index in [-0.39, 0.29) is 68.8 Å². The van der Waals surface area contributed by atoms with Crippen LogP contribution < -0.4 is 15.4 Å². The van der Waals surface area contributed by atoms with Gasteiger partial charge in [-0.2, -0.15) is 5.10 Å². The molecule has 0 unspecified atom stereocenters. The van der Waals surface area contributed by atoms with Gasteiger partial charge in [-0.15, -0.1) is 5.06 Å². The van der Waals surface area contributed by atoms with Crippen LogP contribution in [0.4, 0.5) is 4.79 Å². The number of ether oxygens (including phenoxy) is 2. The highest BCUT2D eigenvalue weighted by Gasteiger charge is 2.40. The summed E-state index contributed by atoms with van der Waals surface area (Å²) in [6, 6.07) is 8.52. The molecular formula is C35H49N7O9. The van der Waals surface area contributed by atoms with Crippen molar-refractivity contribution in [2.45, 2.75) is 89.4 Å². The lowest BCUT2D eigenvalue weighted by Gasteiger charge is -2.37. The number of benzene rings is 1. The number of carbonyl (C=O) groups is 5. The zero-order valence-corrected chi connectivity index (χ0v) is 29.5. The monoisotopic (exact) mass is 711 g/mol. The van der Waals surface area contributed by atoms with Crippen molar-refractivity contribution >= 4 is 29.8 Å². The molecule has 2 atom stereocenters. The Balaban J connectivity index is 1.23. The van der Waals surface area contributed by atoms with E-state index in [1.807, 2.05) is 13.0 Å². The summed E-state index contributed by atoms with van der Waals surface area (Å²) in [6.07, 6.45) is 5.06. The normalized spacial score (nSPS) is 18.8. The fourth-order valence-corrected chi connectivity index (χ4v) is 6.10. The average molecular weight is 712 g/mol. The van der Waals surface area contributed by atoms with Crippen molar-refractivity contribution in [2.24, 2.45) is 0 Å². The number of nitrogens with zero attached hydrogens (tertiary/aromatic N) is 5. The molecule has 16 heteroatoms. The third-order valence-electron chi connectivity index (χ3n) is 9.28. The summed E-state index contributed by atoms with van der Waals surface area (Å²) in [6.45, 7) is 5.92. The van der Waals surface area contributed by atoms with Gasteiger partial charge in [0.15, 0.2) is 12.3 Å². The van der Waals surface area contributed by atoms with Crippen molar-refractivity contribution in [2.75, 3.05) is 45.9 Å². The number of nitrogens with one attached hydrogen (secondary N) is 2. The Bertz CT molecular complexity index is 1530. The number of aliphatic hydroxyl groups is 1. The number of hydrogen-bond donors (Lipinski definition) is 3. The number of piperazine rings is 1. The molecule has 2 aromatic rings. The van der Waals surface area contributed by atoms with Gasteiger partial charge in [0.1, 0.15) is 12.1 Å². The van der Waals surface area contributed by atoms with Crippen molar-refractivity contribution in [3.8, 4) is 11.6 Å². The van der Waals surface area contributed by atoms with Crippen LogP contribution in [0.2, 0.25) is 0 Å². The van der Waals surface area contributed by atoms with E-state index in [1.165, 1.54) is 39.5 Å². The molecule has 2 aliphatic heterocycles. The second-order valence-electron chi connectivity index (χ2n) is 13.6. The fourth-order valence-electron chi connectivity index (χ4n) is 6.10. The Labute approximate surface area is 297 Å². The summed E-state index contributed by atoms with van der Waals surface area (Å²) in [5, 5.41) is 22.5. The summed E-state index contributed by atoms with van der Waals surface area (Å²) in [5.41, 5.74) is -1.21. The standard InChI is InChI=1S/C35H49N7O9/c1-4-5-21-49-34(47)51-40-19-17-39(18-20-40)33(46)30(35(2,3)48)37-31(44)26-22-29(42(38-26)25-13-7-6-8-14-25)50-23-28(43)41-16-10-15-27(41)32(45)36-24-11-9-12-24/h6-8,13-14,22,24,27,30,48H,4-5,9-12,15-21,23H2,1-3H3,(H,36,45)(H,37,44)/t27-,30+/m0/s1. The van der Waals surface area contributed by atoms with Crippen molar-refractivity contribution in [1.82, 2.24) is 35.3 Å². The van der Waals surface area contributed by atoms with E-state index in [1.54, 1.807) is 24.3 Å². The summed E-state index contributed by atoms with van der Waals surface area (Å²) >= 11 is 0. The minimum absolute atomic E-state index is 0.102.